The summed E-state index contributed by atoms with van der Waals surface area (Å²) in [5.41, 5.74) is 7.41. The number of hydrogen-bond donors (Lipinski definition) is 5. The van der Waals surface area contributed by atoms with E-state index >= 15 is 0 Å². The van der Waals surface area contributed by atoms with Gasteiger partial charge in [-0.25, -0.2) is 9.97 Å². The molecule has 71 heavy (non-hydrogen) atoms. The Labute approximate surface area is 422 Å². The molecule has 1 aromatic carbocycles. The molecule has 2 saturated heterocycles. The minimum atomic E-state index is -0.666. The molecule has 6 unspecified atom stereocenters. The Morgan fingerprint density at radius 1 is 0.887 bits per heavy atom. The number of aromatic nitrogens is 3. The number of benzene rings is 1. The van der Waals surface area contributed by atoms with Crippen LogP contribution in [0.25, 0.3) is 21.9 Å². The van der Waals surface area contributed by atoms with Gasteiger partial charge in [-0.3, -0.25) is 33.7 Å². The zero-order valence-corrected chi connectivity index (χ0v) is 43.4. The molecule has 0 spiro atoms. The van der Waals surface area contributed by atoms with E-state index in [1.54, 1.807) is 0 Å². The number of imidazole rings is 1. The average molecular weight is 1000 g/mol. The van der Waals surface area contributed by atoms with Gasteiger partial charge in [-0.2, -0.15) is 0 Å². The van der Waals surface area contributed by atoms with Crippen molar-refractivity contribution in [2.75, 3.05) is 64.2 Å². The zero-order chi connectivity index (χ0) is 50.8. The molecule has 5 amide bonds. The number of Topliss-reactive ketones (excluding diaryl/α,β-unsaturated/α-hetero) is 1. The number of nitrogen functional groups attached to an aromatic ring is 1. The van der Waals surface area contributed by atoms with Crippen LogP contribution < -0.4 is 27.0 Å². The van der Waals surface area contributed by atoms with Gasteiger partial charge in [0.1, 0.15) is 17.9 Å². The third kappa shape index (κ3) is 12.7. The molecular weight excluding hydrogens is 927 g/mol. The molecule has 2 saturated carbocycles. The third-order valence-electron chi connectivity index (χ3n) is 15.4. The number of anilines is 1. The molecule has 2 aliphatic carbocycles. The van der Waals surface area contributed by atoms with Crippen molar-refractivity contribution >= 4 is 74.8 Å². The Kier molecular flexibility index (Phi) is 18.6. The van der Waals surface area contributed by atoms with Gasteiger partial charge in [0, 0.05) is 68.4 Å². The lowest BCUT2D eigenvalue weighted by Gasteiger charge is -2.40. The molecule has 2 aliphatic heterocycles. The quantitative estimate of drug-likeness (QED) is 0.0528. The Balaban J connectivity index is 0.710. The van der Waals surface area contributed by atoms with Crippen molar-refractivity contribution in [3.8, 4) is 0 Å². The SMILES string of the molecule is CCOCc1nc2c(N)nc3ccccc3c2n1CC(C)(C)NC(=O)CCOCCOCCNC(=O)CCN1C(=O)CC(SCC(=O)NCCCCC2NC3(C)C4CCCCCCC(C4)C3(C)C2=O)C1=O. The van der Waals surface area contributed by atoms with E-state index in [1.165, 1.54) is 32.1 Å². The number of imide groups is 1. The number of hydrogen-bond acceptors (Lipinski definition) is 14. The minimum Gasteiger partial charge on any atom is -0.382 e. The Morgan fingerprint density at radius 3 is 2.39 bits per heavy atom. The second kappa shape index (κ2) is 24.4. The van der Waals surface area contributed by atoms with E-state index in [2.05, 4.69) is 44.7 Å². The van der Waals surface area contributed by atoms with Crippen LogP contribution in [-0.4, -0.2) is 136 Å². The van der Waals surface area contributed by atoms with Crippen molar-refractivity contribution in [2.45, 2.75) is 154 Å². The standard InChI is InChI=1S/C52H77N9O9S/c1-6-68-31-40-57-45-46(36-17-11-12-18-37(36)56-48(45)53)61(40)33-50(2,3)59-42(63)21-25-69-27-28-70-26-23-55-41(62)20-24-60-44(65)30-39(49(60)67)71-32-43(64)54-22-14-13-19-38-47(66)51(4)34-15-9-7-8-10-16-35(29-34)52(51,5)58-38/h11-12,17-18,34-35,38-39,58H,6-10,13-16,19-33H2,1-5H3,(H2,53,56)(H,54,64)(H,55,62)(H,59,63). The van der Waals surface area contributed by atoms with Crippen LogP contribution in [0.5, 0.6) is 0 Å². The minimum absolute atomic E-state index is 0.00859. The van der Waals surface area contributed by atoms with Gasteiger partial charge < -0.3 is 45.8 Å². The van der Waals surface area contributed by atoms with E-state index in [-0.39, 0.29) is 118 Å². The fourth-order valence-electron chi connectivity index (χ4n) is 11.6. The van der Waals surface area contributed by atoms with Gasteiger partial charge in [-0.15, -0.1) is 11.8 Å². The molecule has 3 aromatic rings. The first-order valence-electron chi connectivity index (χ1n) is 25.9. The number of rotatable bonds is 26. The number of ether oxygens (including phenoxy) is 3. The highest BCUT2D eigenvalue weighted by molar-refractivity contribution is 8.01. The Morgan fingerprint density at radius 2 is 1.62 bits per heavy atom. The molecule has 18 nitrogen and oxygen atoms in total. The van der Waals surface area contributed by atoms with Crippen LogP contribution >= 0.6 is 11.8 Å². The van der Waals surface area contributed by atoms with Crippen LogP contribution in [0, 0.1) is 17.3 Å². The lowest BCUT2D eigenvalue weighted by Crippen LogP contribution is -2.52. The van der Waals surface area contributed by atoms with E-state index in [4.69, 9.17) is 24.9 Å². The van der Waals surface area contributed by atoms with Crippen LogP contribution in [0.1, 0.15) is 124 Å². The predicted molar refractivity (Wildman–Crippen MR) is 273 cm³/mol. The highest BCUT2D eigenvalue weighted by atomic mass is 32.2. The number of likely N-dealkylation sites (tertiary alicyclic amines) is 1. The number of nitrogens with one attached hydrogen (secondary N) is 4. The second-order valence-electron chi connectivity index (χ2n) is 20.8. The summed E-state index contributed by atoms with van der Waals surface area (Å²) >= 11 is 1.14. The van der Waals surface area contributed by atoms with E-state index in [9.17, 15) is 28.8 Å². The van der Waals surface area contributed by atoms with Crippen LogP contribution in [0.3, 0.4) is 0 Å². The number of pyridine rings is 1. The highest BCUT2D eigenvalue weighted by Crippen LogP contribution is 2.61. The van der Waals surface area contributed by atoms with Crippen molar-refractivity contribution < 1.29 is 43.0 Å². The smallest absolute Gasteiger partial charge is 0.242 e. The summed E-state index contributed by atoms with van der Waals surface area (Å²) in [6.45, 7) is 13.2. The first-order chi connectivity index (χ1) is 34.1. The van der Waals surface area contributed by atoms with Gasteiger partial charge in [-0.1, -0.05) is 50.8 Å². The third-order valence-corrected chi connectivity index (χ3v) is 16.6. The number of amides is 5. The fourth-order valence-corrected chi connectivity index (χ4v) is 12.6. The molecule has 2 aromatic heterocycles. The van der Waals surface area contributed by atoms with E-state index in [1.807, 2.05) is 45.0 Å². The number of nitrogens with zero attached hydrogens (tertiary/aromatic N) is 4. The summed E-state index contributed by atoms with van der Waals surface area (Å²) in [5, 5.41) is 12.9. The number of carbonyl (C=O) groups is 6. The number of thioether (sulfide) groups is 1. The maximum Gasteiger partial charge on any atom is 0.242 e. The molecule has 6 atom stereocenters. The van der Waals surface area contributed by atoms with Gasteiger partial charge in [0.05, 0.1) is 60.0 Å². The number of para-hydroxylation sites is 1. The normalized spacial score (nSPS) is 24.6. The van der Waals surface area contributed by atoms with Crippen LogP contribution in [-0.2, 0) is 56.1 Å². The molecule has 4 heterocycles. The summed E-state index contributed by atoms with van der Waals surface area (Å²) < 4.78 is 19.0. The van der Waals surface area contributed by atoms with Gasteiger partial charge in [0.2, 0.25) is 29.5 Å². The van der Waals surface area contributed by atoms with Crippen molar-refractivity contribution in [3.05, 3.63) is 30.1 Å². The van der Waals surface area contributed by atoms with E-state index in [0.717, 1.165) is 65.2 Å². The van der Waals surface area contributed by atoms with E-state index < -0.39 is 10.8 Å². The molecular formula is C52H77N9O9S. The van der Waals surface area contributed by atoms with Gasteiger partial charge >= 0.3 is 0 Å². The summed E-state index contributed by atoms with van der Waals surface area (Å²) in [6, 6.07) is 7.61. The largest absolute Gasteiger partial charge is 0.382 e. The molecule has 390 valence electrons. The molecule has 19 heteroatoms. The second-order valence-corrected chi connectivity index (χ2v) is 22.0. The number of unbranched alkanes of at least 4 members (excludes halogenated alkanes) is 1. The Bertz CT molecular complexity index is 2400. The zero-order valence-electron chi connectivity index (χ0n) is 42.5. The van der Waals surface area contributed by atoms with Gasteiger partial charge in [0.25, 0.3) is 0 Å². The summed E-state index contributed by atoms with van der Waals surface area (Å²) in [5.74, 6) is 1.02. The maximum absolute atomic E-state index is 13.9. The lowest BCUT2D eigenvalue weighted by atomic mass is 9.65. The monoisotopic (exact) mass is 1000 g/mol. The lowest BCUT2D eigenvalue weighted by molar-refractivity contribution is -0.138. The summed E-state index contributed by atoms with van der Waals surface area (Å²) in [6.07, 6.45) is 10.9. The average Bonchev–Trinajstić information content (AvgIpc) is 3.99. The molecule has 7 rings (SSSR count). The number of fused-ring (bicyclic) bond motifs is 8. The molecule has 2 bridgehead atoms. The molecule has 6 N–H and O–H groups in total. The molecule has 4 aliphatic rings. The maximum atomic E-state index is 13.9. The highest BCUT2D eigenvalue weighted by Gasteiger charge is 2.68. The van der Waals surface area contributed by atoms with Crippen LogP contribution in [0.15, 0.2) is 24.3 Å². The van der Waals surface area contributed by atoms with Crippen molar-refractivity contribution in [2.24, 2.45) is 17.3 Å². The van der Waals surface area contributed by atoms with Crippen molar-refractivity contribution in [1.82, 2.24) is 40.7 Å². The first-order valence-corrected chi connectivity index (χ1v) is 27.0. The van der Waals surface area contributed by atoms with Gasteiger partial charge in [0.15, 0.2) is 11.6 Å². The summed E-state index contributed by atoms with van der Waals surface area (Å²) in [4.78, 5) is 88.2. The number of carbonyl (C=O) groups excluding carboxylic acids is 6. The van der Waals surface area contributed by atoms with Crippen molar-refractivity contribution in [3.63, 3.8) is 0 Å². The molecule has 0 radical (unpaired) electrons. The van der Waals surface area contributed by atoms with Crippen molar-refractivity contribution in [1.29, 1.82) is 0 Å². The van der Waals surface area contributed by atoms with Gasteiger partial charge in [-0.05, 0) is 84.1 Å². The van der Waals surface area contributed by atoms with E-state index in [0.29, 0.717) is 54.5 Å². The Hall–Kier alpha value is -4.69. The fraction of sp³-hybridized carbons (Fsp3) is 0.692. The first kappa shape index (κ1) is 54.1. The number of ketones is 1. The summed E-state index contributed by atoms with van der Waals surface area (Å²) in [7, 11) is 0. The topological polar surface area (TPSA) is 238 Å². The number of nitrogens with two attached hydrogens (primary N) is 1. The predicted octanol–water partition coefficient (Wildman–Crippen LogP) is 4.97. The van der Waals surface area contributed by atoms with Crippen LogP contribution in [0.4, 0.5) is 5.82 Å². The molecule has 4 fully saturated rings. The van der Waals surface area contributed by atoms with Crippen LogP contribution in [0.2, 0.25) is 0 Å².